The van der Waals surface area contributed by atoms with Crippen molar-refractivity contribution in [1.29, 1.82) is 0 Å². The third-order valence-electron chi connectivity index (χ3n) is 23.3. The third-order valence-corrected chi connectivity index (χ3v) is 23.3. The molecule has 0 spiro atoms. The van der Waals surface area contributed by atoms with Gasteiger partial charge in [0.15, 0.2) is 24.8 Å². The summed E-state index contributed by atoms with van der Waals surface area (Å²) in [6.07, 6.45) is 24.1. The lowest BCUT2D eigenvalue weighted by atomic mass is 9.82. The van der Waals surface area contributed by atoms with E-state index < -0.39 is 64.7 Å². The maximum absolute atomic E-state index is 9.22. The van der Waals surface area contributed by atoms with Crippen LogP contribution in [0.1, 0.15) is 258 Å². The first kappa shape index (κ1) is 54.9. The lowest BCUT2D eigenvalue weighted by Crippen LogP contribution is -2.32. The number of hydrogen-bond acceptors (Lipinski definition) is 0. The molecule has 0 radical (unpaired) electrons. The zero-order chi connectivity index (χ0) is 96.0. The van der Waals surface area contributed by atoms with E-state index in [1.54, 1.807) is 40.7 Å². The van der Waals surface area contributed by atoms with E-state index in [0.717, 1.165) is 206 Å². The van der Waals surface area contributed by atoms with Gasteiger partial charge in [0.25, 0.3) is 0 Å². The Kier molecular flexibility index (Phi) is 17.8. The topological polar surface area (TPSA) is 15.5 Å². The van der Waals surface area contributed by atoms with Gasteiger partial charge in [0, 0.05) is 98.9 Å². The van der Waals surface area contributed by atoms with Gasteiger partial charge in [0.2, 0.25) is 22.8 Å². The average Bonchev–Trinajstić information content (AvgIpc) is 1.13. The molecule has 0 amide bonds. The first-order valence-corrected chi connectivity index (χ1v) is 39.8. The molecule has 12 aromatic rings. The summed E-state index contributed by atoms with van der Waals surface area (Å²) < 4.78 is 190. The molecule has 4 aliphatic rings. The summed E-state index contributed by atoms with van der Waals surface area (Å²) in [4.78, 5) is 0. The van der Waals surface area contributed by atoms with E-state index in [2.05, 4.69) is 47.5 Å². The molecule has 16 rings (SSSR count). The molecule has 4 aromatic heterocycles. The number of hydrogen-bond donors (Lipinski definition) is 0. The molecule has 564 valence electrons. The van der Waals surface area contributed by atoms with Crippen LogP contribution in [0.25, 0.3) is 89.5 Å². The van der Waals surface area contributed by atoms with Gasteiger partial charge in [-0.1, -0.05) is 210 Å². The van der Waals surface area contributed by atoms with Gasteiger partial charge >= 0.3 is 0 Å². The van der Waals surface area contributed by atoms with Crippen LogP contribution in [-0.2, 0) is 28.2 Å². The Balaban J connectivity index is 0.000000150. The van der Waals surface area contributed by atoms with Crippen LogP contribution in [0, 0.1) is 82.7 Å². The van der Waals surface area contributed by atoms with E-state index >= 15 is 0 Å². The molecular weight excluding hydrogens is 1330 g/mol. The smallest absolute Gasteiger partial charge is 0.201 e. The van der Waals surface area contributed by atoms with Crippen LogP contribution in [0.5, 0.6) is 0 Å². The molecule has 4 aliphatic carbocycles. The Hall–Kier alpha value is -9.64. The van der Waals surface area contributed by atoms with Crippen molar-refractivity contribution in [2.75, 3.05) is 0 Å². The molecule has 4 heterocycles. The van der Waals surface area contributed by atoms with Gasteiger partial charge < -0.3 is 0 Å². The van der Waals surface area contributed by atoms with Crippen LogP contribution in [0.2, 0.25) is 0 Å². The van der Waals surface area contributed by atoms with Gasteiger partial charge in [-0.3, -0.25) is 0 Å². The first-order valence-electron chi connectivity index (χ1n) is 50.8. The van der Waals surface area contributed by atoms with Crippen molar-refractivity contribution in [3.63, 3.8) is 0 Å². The molecule has 0 unspecified atom stereocenters. The fraction of sp³-hybridized carbons (Fsp3) is 0.358. The van der Waals surface area contributed by atoms with Crippen molar-refractivity contribution in [1.82, 2.24) is 0 Å². The van der Waals surface area contributed by atoms with Gasteiger partial charge in [-0.25, -0.2) is 18.3 Å². The summed E-state index contributed by atoms with van der Waals surface area (Å²) in [5.74, 6) is -2.87. The zero-order valence-corrected chi connectivity index (χ0v) is 66.3. The van der Waals surface area contributed by atoms with Crippen molar-refractivity contribution in [2.24, 2.45) is 28.2 Å². The summed E-state index contributed by atoms with van der Waals surface area (Å²) in [5, 5.41) is 0. The number of pyridine rings is 4. The van der Waals surface area contributed by atoms with E-state index in [4.69, 9.17) is 28.8 Å². The Labute approximate surface area is 693 Å². The molecular formula is C106H124N4+4. The second kappa shape index (κ2) is 35.6. The summed E-state index contributed by atoms with van der Waals surface area (Å²) in [6, 6.07) is 61.3. The van der Waals surface area contributed by atoms with E-state index in [0.29, 0.717) is 59.1 Å². The predicted octanol–water partition coefficient (Wildman–Crippen LogP) is 26.5. The molecule has 0 bridgehead atoms. The number of rotatable bonds is 12. The van der Waals surface area contributed by atoms with Crippen LogP contribution in [0.4, 0.5) is 0 Å². The fourth-order valence-electron chi connectivity index (χ4n) is 17.2. The number of benzene rings is 8. The lowest BCUT2D eigenvalue weighted by Gasteiger charge is -2.23. The number of aromatic nitrogens is 4. The minimum atomic E-state index is -2.33. The predicted molar refractivity (Wildman–Crippen MR) is 465 cm³/mol. The molecule has 4 nitrogen and oxygen atoms in total. The minimum absolute atomic E-state index is 0.218. The van der Waals surface area contributed by atoms with Crippen molar-refractivity contribution in [3.8, 4) is 89.5 Å². The van der Waals surface area contributed by atoms with Gasteiger partial charge in [-0.2, -0.15) is 0 Å². The number of nitrogens with zero attached hydrogens (tertiary/aromatic N) is 4. The van der Waals surface area contributed by atoms with Gasteiger partial charge in [-0.15, -0.1) is 0 Å². The van der Waals surface area contributed by atoms with Crippen LogP contribution >= 0.6 is 0 Å². The Bertz CT molecular complexity index is 6160. The minimum Gasteiger partial charge on any atom is -0.201 e. The summed E-state index contributed by atoms with van der Waals surface area (Å²) in [5.41, 5.74) is 24.4. The Morgan fingerprint density at radius 3 is 0.709 bits per heavy atom. The quantitative estimate of drug-likeness (QED) is 0.108. The van der Waals surface area contributed by atoms with Crippen molar-refractivity contribution in [3.05, 3.63) is 308 Å². The molecule has 0 aliphatic heterocycles. The SMILES string of the molecule is [2H]C([2H])([2H])c1cc(C)c(-c2cc(C)c(C3([2H])CCCC3)c[n+]2C)cc1-c1ccccc1.[2H]C([2H])([2H])c1cc(C)c(-c2cc(C)c(C3([2H])CCCCC3)c[n+]2C)cc1-c1ccccc1.[2H]C([2H])([2H])c1cc(C)c(-c2cc(C3([2H])CCCC3)c(C([2H])([2H])[2H])c[n+]2C)cc1-c1ccccc1.[2H]C([2H])([2H])c1cc(C)c(-c2cc(C3([2H])CCCCC3)c(C([2H])([2H])[2H])c[n+]2C)cc1-c1ccccc1. The first-order chi connectivity index (χ1) is 61.8. The summed E-state index contributed by atoms with van der Waals surface area (Å²) in [6.45, 7) is -1.65. The zero-order valence-electron chi connectivity index (χ0n) is 88.3. The average molecular weight is 1480 g/mol. The lowest BCUT2D eigenvalue weighted by molar-refractivity contribution is -0.661. The van der Waals surface area contributed by atoms with Gasteiger partial charge in [0.1, 0.15) is 28.2 Å². The Morgan fingerprint density at radius 1 is 0.227 bits per heavy atom. The third kappa shape index (κ3) is 17.9. The van der Waals surface area contributed by atoms with Crippen LogP contribution in [0.15, 0.2) is 219 Å². The van der Waals surface area contributed by atoms with Gasteiger partial charge in [0.05, 0.1) is 0 Å². The van der Waals surface area contributed by atoms with Crippen molar-refractivity contribution in [2.45, 2.75) is 222 Å². The molecule has 4 saturated carbocycles. The highest BCUT2D eigenvalue weighted by molar-refractivity contribution is 5.80. The largest absolute Gasteiger partial charge is 0.212 e. The molecule has 0 saturated heterocycles. The van der Waals surface area contributed by atoms with E-state index in [1.165, 1.54) is 6.42 Å². The fourth-order valence-corrected chi connectivity index (χ4v) is 17.2. The van der Waals surface area contributed by atoms with Crippen LogP contribution in [0.3, 0.4) is 0 Å². The van der Waals surface area contributed by atoms with Crippen molar-refractivity contribution >= 4 is 0 Å². The normalized spacial score (nSPS) is 19.6. The van der Waals surface area contributed by atoms with Gasteiger partial charge in [-0.05, 0) is 293 Å². The summed E-state index contributed by atoms with van der Waals surface area (Å²) >= 11 is 0. The molecule has 4 fully saturated rings. The van der Waals surface area contributed by atoms with Crippen LogP contribution < -0.4 is 18.3 Å². The Morgan fingerprint density at radius 2 is 0.455 bits per heavy atom. The summed E-state index contributed by atoms with van der Waals surface area (Å²) in [7, 11) is 7.67. The van der Waals surface area contributed by atoms with E-state index in [-0.39, 0.29) is 22.3 Å². The van der Waals surface area contributed by atoms with Crippen molar-refractivity contribution < 1.29 is 48.4 Å². The maximum Gasteiger partial charge on any atom is 0.212 e. The molecule has 0 atom stereocenters. The molecule has 110 heavy (non-hydrogen) atoms. The molecule has 8 aromatic carbocycles. The highest BCUT2D eigenvalue weighted by Gasteiger charge is 2.30. The van der Waals surface area contributed by atoms with E-state index in [9.17, 15) is 1.37 Å². The highest BCUT2D eigenvalue weighted by Crippen LogP contribution is 2.43. The number of aryl methyl sites for hydroxylation is 16. The van der Waals surface area contributed by atoms with Crippen LogP contribution in [-0.4, -0.2) is 0 Å². The molecule has 0 N–H and O–H groups in total. The molecule has 4 heteroatoms. The monoisotopic (exact) mass is 1480 g/mol. The standard InChI is InChI=1S/2C27H32N.2C26H30N/c1-19-15-20(2)26(16-24(19)22-11-7-5-8-12-22)27-17-25(21(3)18-28(27)4)23-13-9-6-10-14-23;1-19-15-20(2)25(17-24(19)22-11-7-5-8-12-22)27-16-21(3)26(18-28(27)4)23-13-9-6-10-14-23;1-18-14-19(2)25(15-23(18)21-10-6-5-7-11-21)26-16-24(20(3)17-27(26)4)22-12-8-9-13-22;1-18-14-19(2)24(16-23(18)21-10-6-5-7-11-21)26-15-20(3)25(17-27(26)4)22-12-8-9-13-22/h2*5,7-8,11-12,15-18,23H,6,9-10,13-14H2,1-4H3;2*5-7,10-11,14-17,22H,8-9,12-13H2,1-4H3/q4*+1/i1D3,3D3,23D;1D3,23D;1D3,3D3,22D;1D3,22D. The van der Waals surface area contributed by atoms with E-state index in [1.807, 2.05) is 219 Å². The second-order valence-electron chi connectivity index (χ2n) is 31.2. The highest BCUT2D eigenvalue weighted by atomic mass is 14.9. The maximum atomic E-state index is 9.22. The second-order valence-corrected chi connectivity index (χ2v) is 31.2.